The number of pyridine rings is 1. The van der Waals surface area contributed by atoms with Gasteiger partial charge in [0.25, 0.3) is 5.56 Å². The highest BCUT2D eigenvalue weighted by molar-refractivity contribution is 5.90. The van der Waals surface area contributed by atoms with E-state index in [0.29, 0.717) is 29.4 Å². The zero-order valence-corrected chi connectivity index (χ0v) is 25.4. The summed E-state index contributed by atoms with van der Waals surface area (Å²) < 4.78 is 52.4. The number of nitrogens with one attached hydrogen (secondary N) is 2. The molecule has 46 heavy (non-hydrogen) atoms. The van der Waals surface area contributed by atoms with Gasteiger partial charge in [0.15, 0.2) is 0 Å². The first-order chi connectivity index (χ1) is 21.9. The number of ether oxygens (including phenoxy) is 2. The van der Waals surface area contributed by atoms with Crippen molar-refractivity contribution < 1.29 is 37.0 Å². The van der Waals surface area contributed by atoms with Gasteiger partial charge >= 0.3 is 6.09 Å². The number of aromatic nitrogens is 2. The normalized spacial score (nSPS) is 10.7. The number of carbonyl (C=O) groups excluding carboxylic acids is 3. The summed E-state index contributed by atoms with van der Waals surface area (Å²) in [6.45, 7) is -0.152. The predicted octanol–water partition coefficient (Wildman–Crippen LogP) is 4.84. The lowest BCUT2D eigenvalue weighted by molar-refractivity contribution is -0.123. The minimum absolute atomic E-state index is 0.0928. The molecule has 0 spiro atoms. The van der Waals surface area contributed by atoms with Gasteiger partial charge in [-0.3, -0.25) is 14.4 Å². The van der Waals surface area contributed by atoms with Crippen molar-refractivity contribution in [3.63, 3.8) is 0 Å². The van der Waals surface area contributed by atoms with E-state index in [0.717, 1.165) is 18.2 Å². The number of halogens is 3. The van der Waals surface area contributed by atoms with Gasteiger partial charge in [0, 0.05) is 55.5 Å². The summed E-state index contributed by atoms with van der Waals surface area (Å²) in [5.41, 5.74) is 5.24. The SMILES string of the molecule is CN(C)C(=O)/C=C/CCCC(=O)Nc1cccn(Cc2cc3cc(F)cc(OCc4ccc(F)cc4F)c3[nH]2)c1=O.COC(N)=O. The van der Waals surface area contributed by atoms with Crippen molar-refractivity contribution in [2.24, 2.45) is 5.73 Å². The number of nitrogens with zero attached hydrogens (tertiary/aromatic N) is 2. The Morgan fingerprint density at radius 2 is 1.80 bits per heavy atom. The van der Waals surface area contributed by atoms with Crippen LogP contribution in [0.5, 0.6) is 5.75 Å². The van der Waals surface area contributed by atoms with E-state index in [1.165, 1.54) is 40.9 Å². The molecular weight excluding hydrogens is 607 g/mol. The lowest BCUT2D eigenvalue weighted by Crippen LogP contribution is -2.25. The maximum absolute atomic E-state index is 14.3. The molecule has 2 aromatic carbocycles. The molecule has 0 unspecified atom stereocenters. The lowest BCUT2D eigenvalue weighted by atomic mass is 10.2. The van der Waals surface area contributed by atoms with Crippen LogP contribution in [0, 0.1) is 17.5 Å². The van der Waals surface area contributed by atoms with Crippen LogP contribution in [0.1, 0.15) is 30.5 Å². The smallest absolute Gasteiger partial charge is 0.404 e. The number of likely N-dealkylation sites (N-methyl/N-ethyl adjacent to an activating group) is 1. The second kappa shape index (κ2) is 16.5. The van der Waals surface area contributed by atoms with Crippen LogP contribution in [0.2, 0.25) is 0 Å². The quantitative estimate of drug-likeness (QED) is 0.158. The number of methoxy groups -OCH3 is 1. The Morgan fingerprint density at radius 1 is 1.07 bits per heavy atom. The van der Waals surface area contributed by atoms with E-state index in [1.807, 2.05) is 0 Å². The third-order valence-corrected chi connectivity index (χ3v) is 6.42. The van der Waals surface area contributed by atoms with E-state index in [4.69, 9.17) is 4.74 Å². The fourth-order valence-corrected chi connectivity index (χ4v) is 4.09. The van der Waals surface area contributed by atoms with Crippen LogP contribution >= 0.6 is 0 Å². The van der Waals surface area contributed by atoms with E-state index in [9.17, 15) is 32.3 Å². The van der Waals surface area contributed by atoms with Crippen LogP contribution in [0.25, 0.3) is 10.9 Å². The fourth-order valence-electron chi connectivity index (χ4n) is 4.09. The van der Waals surface area contributed by atoms with Gasteiger partial charge in [-0.05, 0) is 55.3 Å². The first-order valence-electron chi connectivity index (χ1n) is 14.0. The molecule has 0 atom stereocenters. The Hall–Kier alpha value is -5.53. The monoisotopic (exact) mass is 641 g/mol. The summed E-state index contributed by atoms with van der Waals surface area (Å²) in [5.74, 6) is -2.39. The molecule has 0 aliphatic heterocycles. The number of fused-ring (bicyclic) bond motifs is 1. The summed E-state index contributed by atoms with van der Waals surface area (Å²) in [7, 11) is 4.53. The number of H-pyrrole nitrogens is 1. The third kappa shape index (κ3) is 10.3. The number of hydrogen-bond donors (Lipinski definition) is 3. The van der Waals surface area contributed by atoms with Gasteiger partial charge in [-0.15, -0.1) is 0 Å². The first kappa shape index (κ1) is 35.0. The number of unbranched alkanes of at least 4 members (excludes halogenated alkanes) is 1. The van der Waals surface area contributed by atoms with Gasteiger partial charge in [-0.2, -0.15) is 0 Å². The number of rotatable bonds is 11. The van der Waals surface area contributed by atoms with E-state index < -0.39 is 29.1 Å². The van der Waals surface area contributed by atoms with Crippen LogP contribution < -0.4 is 21.3 Å². The van der Waals surface area contributed by atoms with Crippen molar-refractivity contribution in [1.29, 1.82) is 0 Å². The molecule has 4 rings (SSSR count). The maximum Gasteiger partial charge on any atom is 0.404 e. The maximum atomic E-state index is 14.3. The molecule has 0 fully saturated rings. The molecule has 0 aliphatic rings. The van der Waals surface area contributed by atoms with Gasteiger partial charge in [-0.25, -0.2) is 18.0 Å². The topological polar surface area (TPSA) is 149 Å². The second-order valence-electron chi connectivity index (χ2n) is 10.1. The summed E-state index contributed by atoms with van der Waals surface area (Å²) in [4.78, 5) is 50.9. The number of primary amides is 1. The first-order valence-corrected chi connectivity index (χ1v) is 14.0. The molecule has 11 nitrogen and oxygen atoms in total. The summed E-state index contributed by atoms with van der Waals surface area (Å²) in [6, 6.07) is 10.4. The zero-order chi connectivity index (χ0) is 33.8. The van der Waals surface area contributed by atoms with E-state index >= 15 is 0 Å². The van der Waals surface area contributed by atoms with Gasteiger partial charge in [-0.1, -0.05) is 6.08 Å². The number of allylic oxidation sites excluding steroid dienone is 1. The van der Waals surface area contributed by atoms with Gasteiger partial charge in [0.2, 0.25) is 11.8 Å². The fraction of sp³-hybridized carbons (Fsp3) is 0.250. The Kier molecular flexibility index (Phi) is 12.6. The molecule has 14 heteroatoms. The summed E-state index contributed by atoms with van der Waals surface area (Å²) in [5, 5.41) is 3.11. The molecule has 0 saturated carbocycles. The minimum atomic E-state index is -0.774. The van der Waals surface area contributed by atoms with Crippen molar-refractivity contribution in [1.82, 2.24) is 14.5 Å². The van der Waals surface area contributed by atoms with Crippen molar-refractivity contribution in [2.45, 2.75) is 32.4 Å². The molecule has 4 N–H and O–H groups in total. The third-order valence-electron chi connectivity index (χ3n) is 6.42. The summed E-state index contributed by atoms with van der Waals surface area (Å²) in [6.07, 6.45) is 5.19. The molecule has 4 aromatic rings. The highest BCUT2D eigenvalue weighted by Gasteiger charge is 2.13. The Bertz CT molecular complexity index is 1780. The molecule has 244 valence electrons. The molecule has 0 saturated heterocycles. The lowest BCUT2D eigenvalue weighted by Gasteiger charge is -2.09. The average Bonchev–Trinajstić information content (AvgIpc) is 3.40. The molecule has 0 aliphatic carbocycles. The van der Waals surface area contributed by atoms with Crippen LogP contribution in [0.3, 0.4) is 0 Å². The van der Waals surface area contributed by atoms with E-state index in [1.54, 1.807) is 38.5 Å². The molecule has 2 heterocycles. The number of benzene rings is 2. The number of anilines is 1. The standard InChI is InChI=1S/C30H29F3N4O4.C2H5NO2/c1-36(2)28(39)9-5-3-4-8-27(38)35-25-7-6-12-37(30(25)40)17-23-14-20-13-22(32)16-26(29(20)34-23)41-18-19-10-11-21(31)15-24(19)33;1-5-2(3)4/h5-7,9-16,34H,3-4,8,17-18H2,1-2H3,(H,35,38);1H3,(H2,3,4)/b9-5+;. The minimum Gasteiger partial charge on any atom is -0.486 e. The van der Waals surface area contributed by atoms with Crippen LogP contribution in [-0.2, 0) is 27.5 Å². The zero-order valence-electron chi connectivity index (χ0n) is 25.4. The number of hydrogen-bond acceptors (Lipinski definition) is 6. The number of carbonyl (C=O) groups is 3. The Morgan fingerprint density at radius 3 is 2.48 bits per heavy atom. The highest BCUT2D eigenvalue weighted by atomic mass is 19.1. The molecular formula is C32H34F3N5O6. The van der Waals surface area contributed by atoms with Crippen LogP contribution in [-0.4, -0.2) is 53.6 Å². The van der Waals surface area contributed by atoms with Crippen molar-refractivity contribution >= 4 is 34.5 Å². The van der Waals surface area contributed by atoms with E-state index in [-0.39, 0.29) is 48.4 Å². The van der Waals surface area contributed by atoms with E-state index in [2.05, 4.69) is 20.8 Å². The van der Waals surface area contributed by atoms with Gasteiger partial charge in [0.05, 0.1) is 19.2 Å². The average molecular weight is 642 g/mol. The molecule has 0 bridgehead atoms. The largest absolute Gasteiger partial charge is 0.486 e. The molecule has 0 radical (unpaired) electrons. The second-order valence-corrected chi connectivity index (χ2v) is 10.1. The molecule has 3 amide bonds. The number of amides is 3. The van der Waals surface area contributed by atoms with Gasteiger partial charge in [0.1, 0.15) is 35.5 Å². The molecule has 2 aromatic heterocycles. The number of nitrogens with two attached hydrogens (primary N) is 1. The number of aromatic amines is 1. The van der Waals surface area contributed by atoms with Crippen LogP contribution in [0.15, 0.2) is 71.7 Å². The Labute approximate surface area is 262 Å². The highest BCUT2D eigenvalue weighted by Crippen LogP contribution is 2.29. The van der Waals surface area contributed by atoms with Crippen LogP contribution in [0.4, 0.5) is 23.7 Å². The van der Waals surface area contributed by atoms with Crippen molar-refractivity contribution in [2.75, 3.05) is 26.5 Å². The summed E-state index contributed by atoms with van der Waals surface area (Å²) >= 11 is 0. The van der Waals surface area contributed by atoms with Gasteiger partial charge < -0.3 is 35.0 Å². The predicted molar refractivity (Wildman–Crippen MR) is 166 cm³/mol. The van der Waals surface area contributed by atoms with Crippen molar-refractivity contribution in [3.8, 4) is 5.75 Å². The van der Waals surface area contributed by atoms with Crippen molar-refractivity contribution in [3.05, 3.63) is 106 Å². The Balaban J connectivity index is 0.00000107.